The Morgan fingerprint density at radius 3 is 2.32 bits per heavy atom. The smallest absolute Gasteiger partial charge is 0.285 e. The Hall–Kier alpha value is -3.47. The van der Waals surface area contributed by atoms with Gasteiger partial charge in [-0.05, 0) is 57.5 Å². The standard InChI is InChI=1S/C20H23N5O3/c1-5-24(6-2)19(27)15-7-9-16(10-8-15)22-18(26)12-25-20(28)17(11-21)13(3)14(4)23-25/h7-10H,5-6,12H2,1-4H3,(H,22,26). The van der Waals surface area contributed by atoms with Gasteiger partial charge < -0.3 is 10.2 Å². The number of benzene rings is 1. The molecule has 0 aliphatic heterocycles. The third-order valence-electron chi connectivity index (χ3n) is 4.51. The van der Waals surface area contributed by atoms with E-state index in [4.69, 9.17) is 5.26 Å². The molecule has 2 aromatic rings. The van der Waals surface area contributed by atoms with E-state index < -0.39 is 11.5 Å². The van der Waals surface area contributed by atoms with Crippen LogP contribution in [-0.2, 0) is 11.3 Å². The number of anilines is 1. The van der Waals surface area contributed by atoms with Crippen LogP contribution in [0.4, 0.5) is 5.69 Å². The van der Waals surface area contributed by atoms with E-state index in [1.807, 2.05) is 19.9 Å². The average Bonchev–Trinajstić information content (AvgIpc) is 2.68. The highest BCUT2D eigenvalue weighted by Crippen LogP contribution is 2.12. The molecular formula is C20H23N5O3. The lowest BCUT2D eigenvalue weighted by Gasteiger charge is -2.18. The monoisotopic (exact) mass is 381 g/mol. The van der Waals surface area contributed by atoms with Gasteiger partial charge in [-0.15, -0.1) is 0 Å². The third-order valence-corrected chi connectivity index (χ3v) is 4.51. The Kier molecular flexibility index (Phi) is 6.66. The molecule has 1 aromatic carbocycles. The summed E-state index contributed by atoms with van der Waals surface area (Å²) >= 11 is 0. The Labute approximate surface area is 163 Å². The normalized spacial score (nSPS) is 10.2. The largest absolute Gasteiger partial charge is 0.339 e. The summed E-state index contributed by atoms with van der Waals surface area (Å²) in [5, 5.41) is 15.9. The molecule has 2 amide bonds. The van der Waals surface area contributed by atoms with Gasteiger partial charge in [0.25, 0.3) is 11.5 Å². The molecule has 0 fully saturated rings. The van der Waals surface area contributed by atoms with E-state index in [0.717, 1.165) is 4.68 Å². The van der Waals surface area contributed by atoms with E-state index in [1.165, 1.54) is 0 Å². The van der Waals surface area contributed by atoms with Crippen molar-refractivity contribution in [2.24, 2.45) is 0 Å². The summed E-state index contributed by atoms with van der Waals surface area (Å²) in [6.45, 7) is 8.08. The number of carbonyl (C=O) groups excluding carboxylic acids is 2. The zero-order chi connectivity index (χ0) is 20.8. The van der Waals surface area contributed by atoms with Crippen molar-refractivity contribution in [1.82, 2.24) is 14.7 Å². The minimum absolute atomic E-state index is 0.0143. The van der Waals surface area contributed by atoms with E-state index in [2.05, 4.69) is 10.4 Å². The van der Waals surface area contributed by atoms with E-state index in [0.29, 0.717) is 35.6 Å². The lowest BCUT2D eigenvalue weighted by Crippen LogP contribution is -2.32. The van der Waals surface area contributed by atoms with Gasteiger partial charge in [0.15, 0.2) is 0 Å². The first-order valence-corrected chi connectivity index (χ1v) is 8.99. The minimum Gasteiger partial charge on any atom is -0.339 e. The molecule has 0 saturated heterocycles. The fraction of sp³-hybridized carbons (Fsp3) is 0.350. The van der Waals surface area contributed by atoms with Crippen LogP contribution in [0.5, 0.6) is 0 Å². The van der Waals surface area contributed by atoms with Crippen molar-refractivity contribution in [2.45, 2.75) is 34.2 Å². The third kappa shape index (κ3) is 4.43. The van der Waals surface area contributed by atoms with Crippen LogP contribution in [0.2, 0.25) is 0 Å². The van der Waals surface area contributed by atoms with Gasteiger partial charge in [-0.2, -0.15) is 10.4 Å². The second kappa shape index (κ2) is 8.95. The predicted octanol–water partition coefficient (Wildman–Crippen LogP) is 1.85. The van der Waals surface area contributed by atoms with Crippen molar-refractivity contribution < 1.29 is 9.59 Å². The van der Waals surface area contributed by atoms with Gasteiger partial charge in [0.2, 0.25) is 5.91 Å². The summed E-state index contributed by atoms with van der Waals surface area (Å²) in [7, 11) is 0. The van der Waals surface area contributed by atoms with E-state index in [1.54, 1.807) is 43.0 Å². The number of rotatable bonds is 6. The maximum absolute atomic E-state index is 12.3. The SMILES string of the molecule is CCN(CC)C(=O)c1ccc(NC(=O)Cn2nc(C)c(C)c(C#N)c2=O)cc1. The number of amides is 2. The molecule has 8 heteroatoms. The number of hydrogen-bond acceptors (Lipinski definition) is 5. The van der Waals surface area contributed by atoms with Crippen LogP contribution in [-0.4, -0.2) is 39.6 Å². The summed E-state index contributed by atoms with van der Waals surface area (Å²) in [5.41, 5.74) is 1.45. The molecule has 1 aromatic heterocycles. The number of aryl methyl sites for hydroxylation is 1. The zero-order valence-electron chi connectivity index (χ0n) is 16.4. The fourth-order valence-electron chi connectivity index (χ4n) is 2.74. The van der Waals surface area contributed by atoms with Crippen molar-refractivity contribution in [3.8, 4) is 6.07 Å². The average molecular weight is 381 g/mol. The van der Waals surface area contributed by atoms with Gasteiger partial charge in [-0.1, -0.05) is 0 Å². The molecular weight excluding hydrogens is 358 g/mol. The van der Waals surface area contributed by atoms with E-state index in [9.17, 15) is 14.4 Å². The van der Waals surface area contributed by atoms with Crippen molar-refractivity contribution in [1.29, 1.82) is 5.26 Å². The highest BCUT2D eigenvalue weighted by atomic mass is 16.2. The van der Waals surface area contributed by atoms with Crippen LogP contribution in [0.1, 0.15) is 41.0 Å². The Bertz CT molecular complexity index is 983. The summed E-state index contributed by atoms with van der Waals surface area (Å²) < 4.78 is 0.981. The van der Waals surface area contributed by atoms with Gasteiger partial charge in [-0.3, -0.25) is 14.4 Å². The summed E-state index contributed by atoms with van der Waals surface area (Å²) in [6.07, 6.45) is 0. The van der Waals surface area contributed by atoms with Crippen molar-refractivity contribution in [3.63, 3.8) is 0 Å². The number of nitrogens with zero attached hydrogens (tertiary/aromatic N) is 4. The highest BCUT2D eigenvalue weighted by Gasteiger charge is 2.15. The summed E-state index contributed by atoms with van der Waals surface area (Å²) in [5.74, 6) is -0.526. The quantitative estimate of drug-likeness (QED) is 0.821. The highest BCUT2D eigenvalue weighted by molar-refractivity contribution is 5.95. The first-order valence-electron chi connectivity index (χ1n) is 8.99. The molecule has 0 aliphatic carbocycles. The second-order valence-electron chi connectivity index (χ2n) is 6.26. The molecule has 0 radical (unpaired) electrons. The van der Waals surface area contributed by atoms with Crippen LogP contribution in [0.3, 0.4) is 0 Å². The fourth-order valence-corrected chi connectivity index (χ4v) is 2.74. The molecule has 1 N–H and O–H groups in total. The van der Waals surface area contributed by atoms with Crippen LogP contribution < -0.4 is 10.9 Å². The molecule has 0 spiro atoms. The summed E-state index contributed by atoms with van der Waals surface area (Å²) in [4.78, 5) is 38.5. The molecule has 0 saturated carbocycles. The number of carbonyl (C=O) groups is 2. The molecule has 146 valence electrons. The number of aromatic nitrogens is 2. The van der Waals surface area contributed by atoms with Gasteiger partial charge in [-0.25, -0.2) is 4.68 Å². The van der Waals surface area contributed by atoms with Crippen molar-refractivity contribution in [3.05, 3.63) is 57.0 Å². The van der Waals surface area contributed by atoms with Crippen LogP contribution in [0.15, 0.2) is 29.1 Å². The van der Waals surface area contributed by atoms with Gasteiger partial charge in [0.1, 0.15) is 18.2 Å². The molecule has 0 unspecified atom stereocenters. The van der Waals surface area contributed by atoms with Crippen LogP contribution >= 0.6 is 0 Å². The lowest BCUT2D eigenvalue weighted by molar-refractivity contribution is -0.117. The van der Waals surface area contributed by atoms with Gasteiger partial charge in [0.05, 0.1) is 5.69 Å². The molecule has 0 aliphatic rings. The number of nitriles is 1. The molecule has 1 heterocycles. The van der Waals surface area contributed by atoms with E-state index in [-0.39, 0.29) is 18.0 Å². The van der Waals surface area contributed by atoms with Crippen LogP contribution in [0.25, 0.3) is 0 Å². The summed E-state index contributed by atoms with van der Waals surface area (Å²) in [6, 6.07) is 8.41. The maximum Gasteiger partial charge on any atom is 0.285 e. The Morgan fingerprint density at radius 1 is 1.18 bits per heavy atom. The minimum atomic E-state index is -0.596. The van der Waals surface area contributed by atoms with Gasteiger partial charge in [0, 0.05) is 24.3 Å². The zero-order valence-corrected chi connectivity index (χ0v) is 16.4. The molecule has 2 rings (SSSR count). The Morgan fingerprint density at radius 2 is 1.79 bits per heavy atom. The molecule has 0 bridgehead atoms. The van der Waals surface area contributed by atoms with Crippen molar-refractivity contribution in [2.75, 3.05) is 18.4 Å². The molecule has 0 atom stereocenters. The number of hydrogen-bond donors (Lipinski definition) is 1. The molecule has 8 nitrogen and oxygen atoms in total. The first-order chi connectivity index (χ1) is 13.3. The van der Waals surface area contributed by atoms with Crippen LogP contribution in [0, 0.1) is 25.2 Å². The number of nitrogens with one attached hydrogen (secondary N) is 1. The first kappa shape index (κ1) is 20.8. The molecule has 28 heavy (non-hydrogen) atoms. The second-order valence-corrected chi connectivity index (χ2v) is 6.26. The lowest BCUT2D eigenvalue weighted by atomic mass is 10.1. The Balaban J connectivity index is 2.13. The topological polar surface area (TPSA) is 108 Å². The maximum atomic E-state index is 12.3. The van der Waals surface area contributed by atoms with Crippen molar-refractivity contribution >= 4 is 17.5 Å². The predicted molar refractivity (Wildman–Crippen MR) is 105 cm³/mol. The van der Waals surface area contributed by atoms with E-state index >= 15 is 0 Å². The van der Waals surface area contributed by atoms with Gasteiger partial charge >= 0.3 is 0 Å².